The molecule has 4 rings (SSSR count). The second-order valence-corrected chi connectivity index (χ2v) is 8.32. The monoisotopic (exact) mass is 371 g/mol. The lowest BCUT2D eigenvalue weighted by molar-refractivity contribution is 0.531. The Hall–Kier alpha value is -1.65. The Morgan fingerprint density at radius 2 is 1.84 bits per heavy atom. The Morgan fingerprint density at radius 1 is 1.12 bits per heavy atom. The third-order valence-corrected chi connectivity index (χ3v) is 6.36. The number of hydrogen-bond acceptors (Lipinski definition) is 4. The van der Waals surface area contributed by atoms with Gasteiger partial charge in [-0.3, -0.25) is 0 Å². The van der Waals surface area contributed by atoms with Crippen molar-refractivity contribution < 1.29 is 0 Å². The normalized spacial score (nSPS) is 19.5. The third-order valence-electron chi connectivity index (χ3n) is 5.03. The number of benzene rings is 2. The van der Waals surface area contributed by atoms with Crippen LogP contribution in [0.15, 0.2) is 53.5 Å². The lowest BCUT2D eigenvalue weighted by atomic mass is 9.87. The Kier molecular flexibility index (Phi) is 4.65. The maximum absolute atomic E-state index is 6.40. The Balaban J connectivity index is 1.69. The predicted molar refractivity (Wildman–Crippen MR) is 109 cm³/mol. The van der Waals surface area contributed by atoms with Gasteiger partial charge in [0.05, 0.1) is 23.0 Å². The number of aliphatic imine (C=N–C) groups is 1. The molecule has 5 heteroatoms. The van der Waals surface area contributed by atoms with Crippen molar-refractivity contribution in [3.63, 3.8) is 0 Å². The zero-order chi connectivity index (χ0) is 17.3. The van der Waals surface area contributed by atoms with Gasteiger partial charge in [0.15, 0.2) is 0 Å². The summed E-state index contributed by atoms with van der Waals surface area (Å²) in [5, 5.41) is 8.26. The van der Waals surface area contributed by atoms with Gasteiger partial charge < -0.3 is 10.6 Å². The minimum absolute atomic E-state index is 0.102. The van der Waals surface area contributed by atoms with E-state index in [9.17, 15) is 0 Å². The van der Waals surface area contributed by atoms with Crippen LogP contribution in [-0.2, 0) is 0 Å². The van der Waals surface area contributed by atoms with Crippen LogP contribution in [0.5, 0.6) is 0 Å². The van der Waals surface area contributed by atoms with E-state index in [0.717, 1.165) is 52.1 Å². The van der Waals surface area contributed by atoms with E-state index in [1.54, 1.807) is 0 Å². The van der Waals surface area contributed by atoms with Crippen LogP contribution in [0.2, 0.25) is 5.02 Å². The molecule has 0 aliphatic carbocycles. The van der Waals surface area contributed by atoms with Gasteiger partial charge in [0.2, 0.25) is 0 Å². The Bertz CT molecular complexity index is 799. The number of amidine groups is 1. The topological polar surface area (TPSA) is 36.4 Å². The number of hydrogen-bond donors (Lipinski definition) is 2. The summed E-state index contributed by atoms with van der Waals surface area (Å²) >= 11 is 8.42. The third kappa shape index (κ3) is 3.25. The van der Waals surface area contributed by atoms with Crippen molar-refractivity contribution in [1.82, 2.24) is 5.32 Å². The van der Waals surface area contributed by atoms with Crippen LogP contribution in [0.4, 0.5) is 11.4 Å². The van der Waals surface area contributed by atoms with Crippen LogP contribution >= 0.6 is 23.4 Å². The molecule has 0 radical (unpaired) electrons. The molecular weight excluding hydrogens is 350 g/mol. The minimum atomic E-state index is -0.102. The average Bonchev–Trinajstić information content (AvgIpc) is 2.63. The number of anilines is 1. The number of para-hydroxylation sites is 2. The first kappa shape index (κ1) is 16.8. The summed E-state index contributed by atoms with van der Waals surface area (Å²) in [6.07, 6.45) is 2.15. The summed E-state index contributed by atoms with van der Waals surface area (Å²) < 4.78 is 0. The fourth-order valence-electron chi connectivity index (χ4n) is 3.58. The number of nitrogens with one attached hydrogen (secondary N) is 2. The molecule has 1 atom stereocenters. The summed E-state index contributed by atoms with van der Waals surface area (Å²) in [4.78, 5) is 5.01. The van der Waals surface area contributed by atoms with Gasteiger partial charge in [-0.2, -0.15) is 11.8 Å². The molecule has 1 unspecified atom stereocenters. The highest BCUT2D eigenvalue weighted by molar-refractivity contribution is 7.99. The van der Waals surface area contributed by atoms with E-state index in [4.69, 9.17) is 16.6 Å². The van der Waals surface area contributed by atoms with E-state index in [2.05, 4.69) is 41.8 Å². The standard InChI is InChI=1S/C20H22ClN3S/c1-14(15-6-2-3-7-16(15)21)22-19-20(10-12-25-13-11-20)24-18-9-5-4-8-17(18)23-19/h2-9,14,24H,10-13H2,1H3,(H,22,23). The van der Waals surface area contributed by atoms with E-state index < -0.39 is 0 Å². The van der Waals surface area contributed by atoms with E-state index in [0.29, 0.717) is 0 Å². The first-order chi connectivity index (χ1) is 12.2. The smallest absolute Gasteiger partial charge is 0.129 e. The van der Waals surface area contributed by atoms with Gasteiger partial charge in [-0.15, -0.1) is 0 Å². The first-order valence-electron chi connectivity index (χ1n) is 8.73. The van der Waals surface area contributed by atoms with Crippen molar-refractivity contribution in [2.45, 2.75) is 31.3 Å². The van der Waals surface area contributed by atoms with Crippen molar-refractivity contribution in [3.8, 4) is 0 Å². The molecular formula is C20H22ClN3S. The maximum atomic E-state index is 6.40. The molecule has 1 saturated heterocycles. The molecule has 1 spiro atoms. The molecule has 0 bridgehead atoms. The first-order valence-corrected chi connectivity index (χ1v) is 10.3. The summed E-state index contributed by atoms with van der Waals surface area (Å²) in [7, 11) is 0. The molecule has 2 aliphatic heterocycles. The summed E-state index contributed by atoms with van der Waals surface area (Å²) in [5.41, 5.74) is 3.13. The van der Waals surface area contributed by atoms with Crippen LogP contribution < -0.4 is 10.6 Å². The molecule has 130 valence electrons. The van der Waals surface area contributed by atoms with Gasteiger partial charge in [0.1, 0.15) is 5.84 Å². The van der Waals surface area contributed by atoms with Crippen LogP contribution in [-0.4, -0.2) is 22.9 Å². The second kappa shape index (κ2) is 6.93. The minimum Gasteiger partial charge on any atom is -0.371 e. The van der Waals surface area contributed by atoms with Crippen molar-refractivity contribution in [2.24, 2.45) is 4.99 Å². The van der Waals surface area contributed by atoms with E-state index in [1.807, 2.05) is 36.0 Å². The quantitative estimate of drug-likeness (QED) is 0.740. The highest BCUT2D eigenvalue weighted by Gasteiger charge is 2.41. The van der Waals surface area contributed by atoms with Crippen LogP contribution in [0, 0.1) is 0 Å². The molecule has 25 heavy (non-hydrogen) atoms. The van der Waals surface area contributed by atoms with E-state index in [-0.39, 0.29) is 11.6 Å². The number of nitrogens with zero attached hydrogens (tertiary/aromatic N) is 1. The molecule has 2 aromatic carbocycles. The molecule has 0 saturated carbocycles. The van der Waals surface area contributed by atoms with Crippen molar-refractivity contribution in [1.29, 1.82) is 0 Å². The number of halogens is 1. The number of fused-ring (bicyclic) bond motifs is 1. The van der Waals surface area contributed by atoms with Gasteiger partial charge in [-0.25, -0.2) is 4.99 Å². The molecule has 2 heterocycles. The van der Waals surface area contributed by atoms with Crippen LogP contribution in [0.25, 0.3) is 0 Å². The van der Waals surface area contributed by atoms with Crippen molar-refractivity contribution in [2.75, 3.05) is 16.8 Å². The fraction of sp³-hybridized carbons (Fsp3) is 0.350. The molecule has 0 amide bonds. The van der Waals surface area contributed by atoms with Crippen molar-refractivity contribution in [3.05, 3.63) is 59.1 Å². The molecule has 2 N–H and O–H groups in total. The molecule has 0 aromatic heterocycles. The maximum Gasteiger partial charge on any atom is 0.129 e. The predicted octanol–water partition coefficient (Wildman–Crippen LogP) is 5.41. The molecule has 3 nitrogen and oxygen atoms in total. The second-order valence-electron chi connectivity index (χ2n) is 6.68. The van der Waals surface area contributed by atoms with Gasteiger partial charge in [0.25, 0.3) is 0 Å². The lowest BCUT2D eigenvalue weighted by Gasteiger charge is -2.43. The Labute approximate surface area is 158 Å². The lowest BCUT2D eigenvalue weighted by Crippen LogP contribution is -2.56. The molecule has 2 aliphatic rings. The van der Waals surface area contributed by atoms with E-state index in [1.165, 1.54) is 0 Å². The van der Waals surface area contributed by atoms with Gasteiger partial charge >= 0.3 is 0 Å². The molecule has 2 aromatic rings. The van der Waals surface area contributed by atoms with Crippen LogP contribution in [0.3, 0.4) is 0 Å². The number of rotatable bonds is 2. The fourth-order valence-corrected chi connectivity index (χ4v) is 5.07. The zero-order valence-corrected chi connectivity index (χ0v) is 15.8. The summed E-state index contributed by atoms with van der Waals surface area (Å²) in [5.74, 6) is 3.34. The summed E-state index contributed by atoms with van der Waals surface area (Å²) in [6, 6.07) is 16.4. The highest BCUT2D eigenvalue weighted by Crippen LogP contribution is 2.40. The molecule has 1 fully saturated rings. The largest absolute Gasteiger partial charge is 0.371 e. The van der Waals surface area contributed by atoms with Gasteiger partial charge in [0, 0.05) is 5.02 Å². The highest BCUT2D eigenvalue weighted by atomic mass is 35.5. The van der Waals surface area contributed by atoms with Gasteiger partial charge in [-0.1, -0.05) is 41.9 Å². The SMILES string of the molecule is CC(NC1=Nc2ccccc2NC12CCSCC2)c1ccccc1Cl. The Morgan fingerprint density at radius 3 is 2.64 bits per heavy atom. The van der Waals surface area contributed by atoms with Crippen molar-refractivity contribution >= 4 is 40.6 Å². The van der Waals surface area contributed by atoms with Gasteiger partial charge in [-0.05, 0) is 55.0 Å². The van der Waals surface area contributed by atoms with E-state index >= 15 is 0 Å². The zero-order valence-electron chi connectivity index (χ0n) is 14.3. The number of thioether (sulfide) groups is 1. The summed E-state index contributed by atoms with van der Waals surface area (Å²) in [6.45, 7) is 2.15. The average molecular weight is 372 g/mol. The van der Waals surface area contributed by atoms with Crippen LogP contribution in [0.1, 0.15) is 31.4 Å².